The number of piperidine rings is 1. The second kappa shape index (κ2) is 3.79. The van der Waals surface area contributed by atoms with Crippen LogP contribution in [0.4, 0.5) is 5.69 Å². The molecule has 1 unspecified atom stereocenters. The lowest BCUT2D eigenvalue weighted by molar-refractivity contribution is 0.337. The molecule has 4 heteroatoms. The number of rotatable bonds is 2. The molecule has 1 aromatic rings. The minimum atomic E-state index is 0.518. The Kier molecular flexibility index (Phi) is 2.49. The molecule has 3 N–H and O–H groups in total. The lowest BCUT2D eigenvalue weighted by Gasteiger charge is -2.22. The minimum absolute atomic E-state index is 0.518. The molecule has 1 saturated heterocycles. The van der Waals surface area contributed by atoms with Gasteiger partial charge in [-0.3, -0.25) is 0 Å². The summed E-state index contributed by atoms with van der Waals surface area (Å²) in [5.41, 5.74) is 6.35. The molecule has 1 fully saturated rings. The summed E-state index contributed by atoms with van der Waals surface area (Å²) in [5.74, 6) is 0.819. The van der Waals surface area contributed by atoms with E-state index < -0.39 is 0 Å². The third kappa shape index (κ3) is 2.01. The number of anilines is 1. The highest BCUT2D eigenvalue weighted by Crippen LogP contribution is 2.16. The van der Waals surface area contributed by atoms with Gasteiger partial charge < -0.3 is 15.6 Å². The van der Waals surface area contributed by atoms with E-state index in [9.17, 15) is 0 Å². The number of nitrogen functional groups attached to an aromatic ring is 1. The van der Waals surface area contributed by atoms with Crippen molar-refractivity contribution in [3.05, 3.63) is 12.0 Å². The Bertz CT molecular complexity index is 266. The molecule has 0 radical (unpaired) electrons. The van der Waals surface area contributed by atoms with Crippen molar-refractivity contribution in [3.63, 3.8) is 0 Å². The SMILES string of the molecule is Nc1cnoc1CC1CCCCN1. The van der Waals surface area contributed by atoms with E-state index in [1.807, 2.05) is 0 Å². The van der Waals surface area contributed by atoms with Crippen molar-refractivity contribution in [2.75, 3.05) is 12.3 Å². The minimum Gasteiger partial charge on any atom is -0.395 e. The first-order chi connectivity index (χ1) is 6.36. The van der Waals surface area contributed by atoms with Crippen LogP contribution >= 0.6 is 0 Å². The highest BCUT2D eigenvalue weighted by Gasteiger charge is 2.16. The van der Waals surface area contributed by atoms with Crippen LogP contribution < -0.4 is 11.1 Å². The van der Waals surface area contributed by atoms with E-state index in [1.165, 1.54) is 19.3 Å². The highest BCUT2D eigenvalue weighted by atomic mass is 16.5. The van der Waals surface area contributed by atoms with Gasteiger partial charge in [0, 0.05) is 12.5 Å². The molecule has 13 heavy (non-hydrogen) atoms. The first-order valence-electron chi connectivity index (χ1n) is 4.78. The molecule has 0 amide bonds. The van der Waals surface area contributed by atoms with Gasteiger partial charge in [0.1, 0.15) is 0 Å². The standard InChI is InChI=1S/C9H15N3O/c10-8-6-12-13-9(8)5-7-3-1-2-4-11-7/h6-7,11H,1-5,10H2. The van der Waals surface area contributed by atoms with Crippen molar-refractivity contribution in [1.82, 2.24) is 10.5 Å². The van der Waals surface area contributed by atoms with Gasteiger partial charge in [-0.05, 0) is 19.4 Å². The summed E-state index contributed by atoms with van der Waals surface area (Å²) in [6.07, 6.45) is 6.22. The summed E-state index contributed by atoms with van der Waals surface area (Å²) >= 11 is 0. The monoisotopic (exact) mass is 181 g/mol. The van der Waals surface area contributed by atoms with Crippen molar-refractivity contribution in [2.45, 2.75) is 31.7 Å². The first-order valence-corrected chi connectivity index (χ1v) is 4.78. The van der Waals surface area contributed by atoms with Crippen molar-refractivity contribution in [3.8, 4) is 0 Å². The van der Waals surface area contributed by atoms with Gasteiger partial charge in [0.2, 0.25) is 0 Å². The smallest absolute Gasteiger partial charge is 0.161 e. The van der Waals surface area contributed by atoms with Gasteiger partial charge >= 0.3 is 0 Å². The second-order valence-corrected chi connectivity index (χ2v) is 3.56. The van der Waals surface area contributed by atoms with Crippen LogP contribution in [0.3, 0.4) is 0 Å². The number of aromatic nitrogens is 1. The fourth-order valence-corrected chi connectivity index (χ4v) is 1.75. The second-order valence-electron chi connectivity index (χ2n) is 3.56. The molecule has 1 aromatic heterocycles. The fraction of sp³-hybridized carbons (Fsp3) is 0.667. The number of hydrogen-bond donors (Lipinski definition) is 2. The molecule has 0 aliphatic carbocycles. The predicted octanol–water partition coefficient (Wildman–Crippen LogP) is 0.941. The highest BCUT2D eigenvalue weighted by molar-refractivity contribution is 5.38. The number of nitrogens with zero attached hydrogens (tertiary/aromatic N) is 1. The fourth-order valence-electron chi connectivity index (χ4n) is 1.75. The van der Waals surface area contributed by atoms with Gasteiger partial charge in [-0.2, -0.15) is 0 Å². The Morgan fingerprint density at radius 2 is 2.54 bits per heavy atom. The van der Waals surface area contributed by atoms with Crippen LogP contribution in [0.2, 0.25) is 0 Å². The zero-order valence-electron chi connectivity index (χ0n) is 7.62. The Labute approximate surface area is 77.5 Å². The molecule has 0 aromatic carbocycles. The maximum Gasteiger partial charge on any atom is 0.161 e. The van der Waals surface area contributed by atoms with Crippen molar-refractivity contribution >= 4 is 5.69 Å². The Balaban J connectivity index is 1.93. The maximum absolute atomic E-state index is 5.67. The van der Waals surface area contributed by atoms with E-state index in [1.54, 1.807) is 6.20 Å². The lowest BCUT2D eigenvalue weighted by atomic mass is 10.0. The van der Waals surface area contributed by atoms with E-state index in [2.05, 4.69) is 10.5 Å². The Morgan fingerprint density at radius 3 is 3.15 bits per heavy atom. The molecular weight excluding hydrogens is 166 g/mol. The van der Waals surface area contributed by atoms with Crippen LogP contribution in [-0.2, 0) is 6.42 Å². The molecule has 0 saturated carbocycles. The molecule has 0 bridgehead atoms. The summed E-state index contributed by atoms with van der Waals surface area (Å²) < 4.78 is 5.05. The summed E-state index contributed by atoms with van der Waals surface area (Å²) in [7, 11) is 0. The molecule has 1 atom stereocenters. The largest absolute Gasteiger partial charge is 0.395 e. The normalized spacial score (nSPS) is 23.2. The molecule has 0 spiro atoms. The van der Waals surface area contributed by atoms with Crippen LogP contribution in [0.15, 0.2) is 10.7 Å². The van der Waals surface area contributed by atoms with E-state index in [0.717, 1.165) is 18.7 Å². The van der Waals surface area contributed by atoms with Crippen LogP contribution in [-0.4, -0.2) is 17.7 Å². The Hall–Kier alpha value is -1.03. The van der Waals surface area contributed by atoms with E-state index >= 15 is 0 Å². The van der Waals surface area contributed by atoms with E-state index in [-0.39, 0.29) is 0 Å². The third-order valence-electron chi connectivity index (χ3n) is 2.52. The van der Waals surface area contributed by atoms with Gasteiger partial charge in [-0.25, -0.2) is 0 Å². The average molecular weight is 181 g/mol. The van der Waals surface area contributed by atoms with E-state index in [0.29, 0.717) is 11.7 Å². The number of nitrogens with two attached hydrogens (primary N) is 1. The summed E-state index contributed by atoms with van der Waals surface area (Å²) in [6.45, 7) is 1.11. The quantitative estimate of drug-likeness (QED) is 0.712. The van der Waals surface area contributed by atoms with Gasteiger partial charge in [-0.15, -0.1) is 0 Å². The Morgan fingerprint density at radius 1 is 1.62 bits per heavy atom. The molecule has 1 aliphatic heterocycles. The maximum atomic E-state index is 5.67. The van der Waals surface area contributed by atoms with Gasteiger partial charge in [0.05, 0.1) is 11.9 Å². The van der Waals surface area contributed by atoms with Crippen LogP contribution in [0, 0.1) is 0 Å². The van der Waals surface area contributed by atoms with Crippen molar-refractivity contribution < 1.29 is 4.52 Å². The van der Waals surface area contributed by atoms with Crippen molar-refractivity contribution in [1.29, 1.82) is 0 Å². The number of nitrogens with one attached hydrogen (secondary N) is 1. The van der Waals surface area contributed by atoms with Gasteiger partial charge in [0.15, 0.2) is 5.76 Å². The van der Waals surface area contributed by atoms with Crippen LogP contribution in [0.1, 0.15) is 25.0 Å². The van der Waals surface area contributed by atoms with Gasteiger partial charge in [-0.1, -0.05) is 11.6 Å². The third-order valence-corrected chi connectivity index (χ3v) is 2.52. The molecule has 4 nitrogen and oxygen atoms in total. The number of hydrogen-bond acceptors (Lipinski definition) is 4. The summed E-state index contributed by atoms with van der Waals surface area (Å²) in [4.78, 5) is 0. The van der Waals surface area contributed by atoms with Crippen molar-refractivity contribution in [2.24, 2.45) is 0 Å². The zero-order valence-corrected chi connectivity index (χ0v) is 7.62. The summed E-state index contributed by atoms with van der Waals surface area (Å²) in [6, 6.07) is 0.518. The summed E-state index contributed by atoms with van der Waals surface area (Å²) in [5, 5.41) is 7.10. The molecule has 72 valence electrons. The van der Waals surface area contributed by atoms with E-state index in [4.69, 9.17) is 10.3 Å². The average Bonchev–Trinajstić information content (AvgIpc) is 2.54. The predicted molar refractivity (Wildman–Crippen MR) is 50.3 cm³/mol. The topological polar surface area (TPSA) is 64.1 Å². The zero-order chi connectivity index (χ0) is 9.10. The molecule has 2 heterocycles. The van der Waals surface area contributed by atoms with Crippen LogP contribution in [0.5, 0.6) is 0 Å². The molecule has 2 rings (SSSR count). The lowest BCUT2D eigenvalue weighted by Crippen LogP contribution is -2.35. The molecule has 1 aliphatic rings. The van der Waals surface area contributed by atoms with Gasteiger partial charge in [0.25, 0.3) is 0 Å². The van der Waals surface area contributed by atoms with Crippen LogP contribution in [0.25, 0.3) is 0 Å². The molecular formula is C9H15N3O. The first kappa shape index (κ1) is 8.56.